The van der Waals surface area contributed by atoms with E-state index in [1.165, 1.54) is 6.42 Å². The van der Waals surface area contributed by atoms with Gasteiger partial charge in [0.05, 0.1) is 6.04 Å². The number of nitrogens with zero attached hydrogens (tertiary/aromatic N) is 2. The Morgan fingerprint density at radius 3 is 2.47 bits per heavy atom. The molecule has 6 heteroatoms. The minimum atomic E-state index is -0.467. The Morgan fingerprint density at radius 2 is 1.69 bits per heavy atom. The lowest BCUT2D eigenvalue weighted by molar-refractivity contribution is -0.161. The Kier molecular flexibility index (Phi) is 4.76. The summed E-state index contributed by atoms with van der Waals surface area (Å²) in [5.74, 6) is 0.135. The number of H-pyrrole nitrogens is 1. The number of nitrogens with one attached hydrogen (secondary N) is 1. The largest absolute Gasteiger partial charge is 0.356 e. The van der Waals surface area contributed by atoms with E-state index in [9.17, 15) is 9.59 Å². The Morgan fingerprint density at radius 1 is 0.938 bits per heavy atom. The zero-order chi connectivity index (χ0) is 21.8. The molecule has 1 N–H and O–H groups in total. The molecular formula is C26H26ClN3O2. The van der Waals surface area contributed by atoms with E-state index >= 15 is 0 Å². The maximum atomic E-state index is 13.8. The van der Waals surface area contributed by atoms with Gasteiger partial charge < -0.3 is 14.8 Å². The van der Waals surface area contributed by atoms with E-state index in [-0.39, 0.29) is 30.4 Å². The van der Waals surface area contributed by atoms with Crippen LogP contribution in [0.2, 0.25) is 5.02 Å². The van der Waals surface area contributed by atoms with E-state index in [0.717, 1.165) is 53.4 Å². The molecule has 1 aromatic heterocycles. The van der Waals surface area contributed by atoms with E-state index < -0.39 is 6.04 Å². The molecule has 164 valence electrons. The van der Waals surface area contributed by atoms with Crippen molar-refractivity contribution in [2.75, 3.05) is 6.54 Å². The normalized spacial score (nSPS) is 24.0. The molecule has 1 saturated carbocycles. The van der Waals surface area contributed by atoms with Gasteiger partial charge in [-0.05, 0) is 42.2 Å². The number of piperazine rings is 1. The highest BCUT2D eigenvalue weighted by molar-refractivity contribution is 6.30. The second-order valence-electron chi connectivity index (χ2n) is 9.30. The summed E-state index contributed by atoms with van der Waals surface area (Å²) >= 11 is 6.16. The fourth-order valence-corrected chi connectivity index (χ4v) is 6.11. The smallest absolute Gasteiger partial charge is 0.246 e. The number of aromatic nitrogens is 1. The summed E-state index contributed by atoms with van der Waals surface area (Å²) in [6.45, 7) is 0.180. The number of halogens is 1. The molecular weight excluding hydrogens is 422 g/mol. The zero-order valence-corrected chi connectivity index (χ0v) is 18.6. The van der Waals surface area contributed by atoms with Gasteiger partial charge in [-0.1, -0.05) is 61.2 Å². The standard InChI is InChI=1S/C26H26ClN3O2/c27-17-12-10-16(11-13-17)25-24-20(19-8-4-5-9-21(19)28-24)14-22-26(32)29(15-23(31)30(22)25)18-6-2-1-3-7-18/h4-5,8-13,18,22,25,28H,1-3,6-7,14-15H2/t22-,25+/m1/s1. The molecule has 0 radical (unpaired) electrons. The van der Waals surface area contributed by atoms with Crippen LogP contribution in [0.1, 0.15) is 55.0 Å². The second-order valence-corrected chi connectivity index (χ2v) is 9.73. The van der Waals surface area contributed by atoms with Crippen LogP contribution in [0.3, 0.4) is 0 Å². The van der Waals surface area contributed by atoms with Crippen LogP contribution in [0.4, 0.5) is 0 Å². The fraction of sp³-hybridized carbons (Fsp3) is 0.385. The molecule has 2 amide bonds. The third kappa shape index (κ3) is 3.06. The lowest BCUT2D eigenvalue weighted by Crippen LogP contribution is -2.64. The van der Waals surface area contributed by atoms with Crippen molar-refractivity contribution in [3.05, 3.63) is 70.4 Å². The monoisotopic (exact) mass is 447 g/mol. The molecule has 3 aromatic rings. The third-order valence-corrected chi connectivity index (χ3v) is 7.75. The number of fused-ring (bicyclic) bond motifs is 4. The SMILES string of the molecule is O=C1[C@H]2Cc3c([nH]c4ccccc34)[C@H](c3ccc(Cl)cc3)N2C(=O)CN1C1CCCCC1. The Bertz CT molecular complexity index is 1200. The topological polar surface area (TPSA) is 56.4 Å². The average Bonchev–Trinajstić information content (AvgIpc) is 3.20. The van der Waals surface area contributed by atoms with E-state index in [0.29, 0.717) is 11.4 Å². The van der Waals surface area contributed by atoms with E-state index in [1.54, 1.807) is 0 Å². The quantitative estimate of drug-likeness (QED) is 0.611. The van der Waals surface area contributed by atoms with Gasteiger partial charge in [-0.25, -0.2) is 0 Å². The van der Waals surface area contributed by atoms with Crippen LogP contribution >= 0.6 is 11.6 Å². The van der Waals surface area contributed by atoms with Gasteiger partial charge in [-0.2, -0.15) is 0 Å². The first-order valence-electron chi connectivity index (χ1n) is 11.6. The molecule has 5 nitrogen and oxygen atoms in total. The summed E-state index contributed by atoms with van der Waals surface area (Å²) in [5.41, 5.74) is 4.17. The van der Waals surface area contributed by atoms with Crippen molar-refractivity contribution in [1.82, 2.24) is 14.8 Å². The fourth-order valence-electron chi connectivity index (χ4n) is 5.98. The highest BCUT2D eigenvalue weighted by Crippen LogP contribution is 2.43. The molecule has 32 heavy (non-hydrogen) atoms. The molecule has 2 fully saturated rings. The van der Waals surface area contributed by atoms with Crippen LogP contribution in [-0.4, -0.2) is 45.2 Å². The maximum absolute atomic E-state index is 13.8. The highest BCUT2D eigenvalue weighted by atomic mass is 35.5. The number of aromatic amines is 1. The van der Waals surface area contributed by atoms with Crippen LogP contribution in [0, 0.1) is 0 Å². The van der Waals surface area contributed by atoms with Crippen LogP contribution in [0.15, 0.2) is 48.5 Å². The Labute approximate surface area is 192 Å². The van der Waals surface area contributed by atoms with Crippen LogP contribution in [-0.2, 0) is 16.0 Å². The summed E-state index contributed by atoms with van der Waals surface area (Å²) < 4.78 is 0. The predicted molar refractivity (Wildman–Crippen MR) is 125 cm³/mol. The van der Waals surface area contributed by atoms with Gasteiger partial charge >= 0.3 is 0 Å². The summed E-state index contributed by atoms with van der Waals surface area (Å²) in [6.07, 6.45) is 6.06. The number of hydrogen-bond donors (Lipinski definition) is 1. The minimum Gasteiger partial charge on any atom is -0.356 e. The molecule has 1 aliphatic carbocycles. The first-order valence-corrected chi connectivity index (χ1v) is 12.0. The van der Waals surface area contributed by atoms with E-state index in [2.05, 4.69) is 17.1 Å². The second kappa shape index (κ2) is 7.66. The van der Waals surface area contributed by atoms with Gasteiger partial charge in [0.25, 0.3) is 0 Å². The molecule has 0 bridgehead atoms. The highest BCUT2D eigenvalue weighted by Gasteiger charge is 2.49. The molecule has 2 aliphatic heterocycles. The minimum absolute atomic E-state index is 0.0319. The molecule has 3 aliphatic rings. The summed E-state index contributed by atoms with van der Waals surface area (Å²) in [7, 11) is 0. The number of carbonyl (C=O) groups excluding carboxylic acids is 2. The van der Waals surface area contributed by atoms with Gasteiger partial charge in [-0.15, -0.1) is 0 Å². The molecule has 6 rings (SSSR count). The van der Waals surface area contributed by atoms with Crippen molar-refractivity contribution in [3.63, 3.8) is 0 Å². The number of rotatable bonds is 2. The van der Waals surface area contributed by atoms with Crippen LogP contribution in [0.5, 0.6) is 0 Å². The summed E-state index contributed by atoms with van der Waals surface area (Å²) in [4.78, 5) is 34.7. The van der Waals surface area contributed by atoms with Gasteiger partial charge in [0.2, 0.25) is 11.8 Å². The number of amides is 2. The lowest BCUT2D eigenvalue weighted by Gasteiger charge is -2.49. The summed E-state index contributed by atoms with van der Waals surface area (Å²) in [6, 6.07) is 15.3. The van der Waals surface area contributed by atoms with Crippen LogP contribution < -0.4 is 0 Å². The Balaban J connectivity index is 1.48. The van der Waals surface area contributed by atoms with Crippen molar-refractivity contribution in [3.8, 4) is 0 Å². The molecule has 1 saturated heterocycles. The van der Waals surface area contributed by atoms with Crippen molar-refractivity contribution >= 4 is 34.3 Å². The number of benzene rings is 2. The van der Waals surface area contributed by atoms with Crippen molar-refractivity contribution in [1.29, 1.82) is 0 Å². The molecule has 3 heterocycles. The Hall–Kier alpha value is -2.79. The first kappa shape index (κ1) is 19.9. The number of carbonyl (C=O) groups is 2. The third-order valence-electron chi connectivity index (χ3n) is 7.49. The predicted octanol–water partition coefficient (Wildman–Crippen LogP) is 4.84. The maximum Gasteiger partial charge on any atom is 0.246 e. The molecule has 2 atom stereocenters. The number of para-hydroxylation sites is 1. The molecule has 0 spiro atoms. The van der Waals surface area contributed by atoms with Crippen molar-refractivity contribution in [2.24, 2.45) is 0 Å². The molecule has 2 aromatic carbocycles. The van der Waals surface area contributed by atoms with Gasteiger partial charge in [0, 0.05) is 34.1 Å². The van der Waals surface area contributed by atoms with Gasteiger partial charge in [0.15, 0.2) is 0 Å². The van der Waals surface area contributed by atoms with Gasteiger partial charge in [-0.3, -0.25) is 9.59 Å². The van der Waals surface area contributed by atoms with E-state index in [4.69, 9.17) is 11.6 Å². The summed E-state index contributed by atoms with van der Waals surface area (Å²) in [5, 5.41) is 1.79. The lowest BCUT2D eigenvalue weighted by atomic mass is 9.85. The van der Waals surface area contributed by atoms with Crippen molar-refractivity contribution < 1.29 is 9.59 Å². The molecule has 0 unspecified atom stereocenters. The number of hydrogen-bond acceptors (Lipinski definition) is 2. The van der Waals surface area contributed by atoms with Crippen molar-refractivity contribution in [2.45, 2.75) is 56.7 Å². The average molecular weight is 448 g/mol. The van der Waals surface area contributed by atoms with Gasteiger partial charge in [0.1, 0.15) is 12.6 Å². The zero-order valence-electron chi connectivity index (χ0n) is 17.9. The van der Waals surface area contributed by atoms with E-state index in [1.807, 2.05) is 46.2 Å². The first-order chi connectivity index (χ1) is 15.6. The van der Waals surface area contributed by atoms with Crippen LogP contribution in [0.25, 0.3) is 10.9 Å².